The molecule has 7 heteroatoms. The molecule has 1 aliphatic heterocycles. The Balaban J connectivity index is 2.27. The van der Waals surface area contributed by atoms with Crippen LogP contribution in [0.3, 0.4) is 0 Å². The van der Waals surface area contributed by atoms with Crippen LogP contribution in [0.25, 0.3) is 0 Å². The predicted octanol–water partition coefficient (Wildman–Crippen LogP) is 0.101. The summed E-state index contributed by atoms with van der Waals surface area (Å²) in [4.78, 5) is 28.3. The fourth-order valence-electron chi connectivity index (χ4n) is 2.12. The molecule has 1 aromatic rings. The Labute approximate surface area is 109 Å². The number of carboxylic acid groups (broad SMARTS) is 1. The largest absolute Gasteiger partial charge is 0.505 e. The number of rotatable bonds is 3. The highest BCUT2D eigenvalue weighted by atomic mass is 16.5. The summed E-state index contributed by atoms with van der Waals surface area (Å²) in [5, 5.41) is 18.7. The lowest BCUT2D eigenvalue weighted by Crippen LogP contribution is -2.41. The van der Waals surface area contributed by atoms with Gasteiger partial charge < -0.3 is 19.8 Å². The number of pyridine rings is 1. The third kappa shape index (κ3) is 2.50. The summed E-state index contributed by atoms with van der Waals surface area (Å²) in [5.74, 6) is -1.97. The van der Waals surface area contributed by atoms with Crippen molar-refractivity contribution in [3.63, 3.8) is 0 Å². The molecule has 102 valence electrons. The number of aliphatic carboxylic acids is 1. The van der Waals surface area contributed by atoms with E-state index in [1.54, 1.807) is 0 Å². The highest BCUT2D eigenvalue weighted by Gasteiger charge is 2.41. The number of nitrogens with zero attached hydrogens (tertiary/aromatic N) is 2. The van der Waals surface area contributed by atoms with E-state index in [1.807, 2.05) is 0 Å². The van der Waals surface area contributed by atoms with Crippen molar-refractivity contribution in [1.29, 1.82) is 0 Å². The molecule has 0 aliphatic carbocycles. The molecule has 0 saturated carbocycles. The van der Waals surface area contributed by atoms with Crippen LogP contribution >= 0.6 is 0 Å². The zero-order chi connectivity index (χ0) is 14.0. The molecule has 7 nitrogen and oxygen atoms in total. The number of methoxy groups -OCH3 is 1. The molecule has 0 bridgehead atoms. The average Bonchev–Trinajstić information content (AvgIpc) is 2.83. The third-order valence-electron chi connectivity index (χ3n) is 3.13. The number of aromatic hydroxyl groups is 1. The van der Waals surface area contributed by atoms with Gasteiger partial charge in [0, 0.05) is 26.3 Å². The summed E-state index contributed by atoms with van der Waals surface area (Å²) in [6, 6.07) is 1.86. The van der Waals surface area contributed by atoms with Crippen LogP contribution < -0.4 is 0 Å². The molecule has 2 atom stereocenters. The molecule has 19 heavy (non-hydrogen) atoms. The molecule has 2 unspecified atom stereocenters. The molecule has 1 amide bonds. The number of ether oxygens (including phenoxy) is 1. The molecular weight excluding hydrogens is 252 g/mol. The smallest absolute Gasteiger partial charge is 0.326 e. The Morgan fingerprint density at radius 2 is 2.26 bits per heavy atom. The normalized spacial score (nSPS) is 22.5. The molecule has 1 fully saturated rings. The first-order valence-electron chi connectivity index (χ1n) is 5.75. The van der Waals surface area contributed by atoms with E-state index < -0.39 is 17.9 Å². The van der Waals surface area contributed by atoms with Crippen molar-refractivity contribution in [2.24, 2.45) is 0 Å². The van der Waals surface area contributed by atoms with Crippen molar-refractivity contribution >= 4 is 11.9 Å². The molecule has 2 rings (SSSR count). The van der Waals surface area contributed by atoms with Crippen LogP contribution in [0.5, 0.6) is 5.75 Å². The highest BCUT2D eigenvalue weighted by molar-refractivity contribution is 5.97. The number of hydrogen-bond acceptors (Lipinski definition) is 5. The van der Waals surface area contributed by atoms with E-state index in [1.165, 1.54) is 30.3 Å². The molecule has 1 aromatic heterocycles. The number of carbonyl (C=O) groups excluding carboxylic acids is 1. The van der Waals surface area contributed by atoms with Crippen LogP contribution in [-0.4, -0.2) is 57.8 Å². The SMILES string of the molecule is COC1CC(C(=O)O)N(C(=O)c2ncccc2O)C1. The molecule has 0 radical (unpaired) electrons. The Morgan fingerprint density at radius 1 is 1.53 bits per heavy atom. The van der Waals surface area contributed by atoms with Crippen molar-refractivity contribution in [3.05, 3.63) is 24.0 Å². The predicted molar refractivity (Wildman–Crippen MR) is 63.8 cm³/mol. The molecule has 2 N–H and O–H groups in total. The van der Waals surface area contributed by atoms with Crippen LogP contribution in [0.4, 0.5) is 0 Å². The van der Waals surface area contributed by atoms with E-state index in [4.69, 9.17) is 9.84 Å². The molecule has 2 heterocycles. The first kappa shape index (κ1) is 13.3. The van der Waals surface area contributed by atoms with Gasteiger partial charge in [-0.25, -0.2) is 9.78 Å². The average molecular weight is 266 g/mol. The summed E-state index contributed by atoms with van der Waals surface area (Å²) in [6.45, 7) is 0.169. The van der Waals surface area contributed by atoms with Gasteiger partial charge in [0.2, 0.25) is 0 Å². The maximum atomic E-state index is 12.2. The molecule has 0 spiro atoms. The Morgan fingerprint density at radius 3 is 2.84 bits per heavy atom. The number of carbonyl (C=O) groups is 2. The highest BCUT2D eigenvalue weighted by Crippen LogP contribution is 2.24. The van der Waals surface area contributed by atoms with E-state index in [2.05, 4.69) is 4.98 Å². The second kappa shape index (κ2) is 5.23. The maximum absolute atomic E-state index is 12.2. The standard InChI is InChI=1S/C12H14N2O5/c1-19-7-5-8(12(17)18)14(6-7)11(16)10-9(15)3-2-4-13-10/h2-4,7-8,15H,5-6H2,1H3,(H,17,18). The van der Waals surface area contributed by atoms with Crippen LogP contribution in [0, 0.1) is 0 Å². The van der Waals surface area contributed by atoms with Crippen LogP contribution in [-0.2, 0) is 9.53 Å². The second-order valence-corrected chi connectivity index (χ2v) is 4.28. The number of aromatic nitrogens is 1. The minimum absolute atomic E-state index is 0.148. The zero-order valence-corrected chi connectivity index (χ0v) is 10.3. The number of carboxylic acids is 1. The van der Waals surface area contributed by atoms with E-state index in [0.717, 1.165) is 0 Å². The molecule has 0 aromatic carbocycles. The van der Waals surface area contributed by atoms with E-state index >= 15 is 0 Å². The first-order valence-corrected chi connectivity index (χ1v) is 5.75. The monoisotopic (exact) mass is 266 g/mol. The van der Waals surface area contributed by atoms with Crippen molar-refractivity contribution < 1.29 is 24.5 Å². The summed E-state index contributed by atoms with van der Waals surface area (Å²) in [5.41, 5.74) is -0.148. The first-order chi connectivity index (χ1) is 9.04. The quantitative estimate of drug-likeness (QED) is 0.805. The number of hydrogen-bond donors (Lipinski definition) is 2. The third-order valence-corrected chi connectivity index (χ3v) is 3.13. The minimum Gasteiger partial charge on any atom is -0.505 e. The minimum atomic E-state index is -1.09. The molecule has 1 saturated heterocycles. The zero-order valence-electron chi connectivity index (χ0n) is 10.3. The van der Waals surface area contributed by atoms with Gasteiger partial charge in [0.15, 0.2) is 5.69 Å². The number of likely N-dealkylation sites (tertiary alicyclic amines) is 1. The van der Waals surface area contributed by atoms with Crippen molar-refractivity contribution in [2.45, 2.75) is 18.6 Å². The van der Waals surface area contributed by atoms with Gasteiger partial charge in [-0.3, -0.25) is 4.79 Å². The van der Waals surface area contributed by atoms with E-state index in [-0.39, 0.29) is 30.5 Å². The molecular formula is C12H14N2O5. The maximum Gasteiger partial charge on any atom is 0.326 e. The summed E-state index contributed by atoms with van der Waals surface area (Å²) in [6.07, 6.45) is 1.27. The number of amides is 1. The van der Waals surface area contributed by atoms with Gasteiger partial charge in [-0.2, -0.15) is 0 Å². The Kier molecular flexibility index (Phi) is 3.66. The fraction of sp³-hybridized carbons (Fsp3) is 0.417. The Bertz CT molecular complexity index is 505. The van der Waals surface area contributed by atoms with E-state index in [9.17, 15) is 14.7 Å². The lowest BCUT2D eigenvalue weighted by Gasteiger charge is -2.20. The van der Waals surface area contributed by atoms with Gasteiger partial charge in [-0.05, 0) is 12.1 Å². The lowest BCUT2D eigenvalue weighted by atomic mass is 10.2. The van der Waals surface area contributed by atoms with Gasteiger partial charge >= 0.3 is 5.97 Å². The van der Waals surface area contributed by atoms with E-state index in [0.29, 0.717) is 0 Å². The van der Waals surface area contributed by atoms with Crippen molar-refractivity contribution in [3.8, 4) is 5.75 Å². The van der Waals surface area contributed by atoms with Gasteiger partial charge in [0.25, 0.3) is 5.91 Å². The summed E-state index contributed by atoms with van der Waals surface area (Å²) >= 11 is 0. The Hall–Kier alpha value is -2.15. The van der Waals surface area contributed by atoms with Crippen LogP contribution in [0.15, 0.2) is 18.3 Å². The van der Waals surface area contributed by atoms with Crippen molar-refractivity contribution in [1.82, 2.24) is 9.88 Å². The second-order valence-electron chi connectivity index (χ2n) is 4.28. The van der Waals surface area contributed by atoms with Crippen LogP contribution in [0.1, 0.15) is 16.9 Å². The lowest BCUT2D eigenvalue weighted by molar-refractivity contribution is -0.141. The summed E-state index contributed by atoms with van der Waals surface area (Å²) in [7, 11) is 1.47. The van der Waals surface area contributed by atoms with Crippen LogP contribution in [0.2, 0.25) is 0 Å². The topological polar surface area (TPSA) is 100.0 Å². The fourth-order valence-corrected chi connectivity index (χ4v) is 2.12. The summed E-state index contributed by atoms with van der Waals surface area (Å²) < 4.78 is 5.10. The van der Waals surface area contributed by atoms with Gasteiger partial charge in [0.1, 0.15) is 11.8 Å². The van der Waals surface area contributed by atoms with Gasteiger partial charge in [-0.1, -0.05) is 0 Å². The van der Waals surface area contributed by atoms with Gasteiger partial charge in [-0.15, -0.1) is 0 Å². The van der Waals surface area contributed by atoms with Gasteiger partial charge in [0.05, 0.1) is 6.10 Å². The molecule has 1 aliphatic rings. The van der Waals surface area contributed by atoms with Crippen molar-refractivity contribution in [2.75, 3.05) is 13.7 Å².